The molecule has 23 heavy (non-hydrogen) atoms. The topological polar surface area (TPSA) is 81.2 Å². The van der Waals surface area contributed by atoms with E-state index >= 15 is 0 Å². The summed E-state index contributed by atoms with van der Waals surface area (Å²) in [5.41, 5.74) is 2.14. The summed E-state index contributed by atoms with van der Waals surface area (Å²) < 4.78 is 0. The Balaban J connectivity index is 1.67. The van der Waals surface area contributed by atoms with Gasteiger partial charge in [0.05, 0.1) is 29.2 Å². The maximum Gasteiger partial charge on any atom is 0.318 e. The quantitative estimate of drug-likeness (QED) is 0.813. The lowest BCUT2D eigenvalue weighted by Crippen LogP contribution is -2.51. The number of rotatable bonds is 3. The van der Waals surface area contributed by atoms with Gasteiger partial charge in [-0.3, -0.25) is 0 Å². The molecule has 1 saturated heterocycles. The van der Waals surface area contributed by atoms with E-state index in [1.807, 2.05) is 25.1 Å². The number of carbonyl (C=O) groups is 1. The van der Waals surface area contributed by atoms with Gasteiger partial charge in [-0.2, -0.15) is 0 Å². The van der Waals surface area contributed by atoms with E-state index in [1.165, 1.54) is 0 Å². The summed E-state index contributed by atoms with van der Waals surface area (Å²) in [6.07, 6.45) is 1.76. The molecule has 0 saturated carbocycles. The number of nitrogens with zero attached hydrogens (tertiary/aromatic N) is 2. The van der Waals surface area contributed by atoms with Gasteiger partial charge in [-0.1, -0.05) is 12.1 Å². The smallest absolute Gasteiger partial charge is 0.318 e. The molecule has 0 radical (unpaired) electrons. The third-order valence-electron chi connectivity index (χ3n) is 4.50. The van der Waals surface area contributed by atoms with Crippen LogP contribution < -0.4 is 5.32 Å². The second-order valence-electron chi connectivity index (χ2n) is 6.82. The number of hydrogen-bond donors (Lipinski definition) is 3. The standard InChI is InChI=1S/C17H24N4O2/c1-11-6-4-7-12-15(11)20-14(19-12)10-18-16(22)21-9-5-8-13(21)17(2,3)23/h4,6-7,13,23H,5,8-10H2,1-3H3,(H,18,22)(H,19,20)/t13-/m1/s1. The Morgan fingerprint density at radius 3 is 3.00 bits per heavy atom. The zero-order valence-electron chi connectivity index (χ0n) is 13.9. The maximum atomic E-state index is 12.4. The van der Waals surface area contributed by atoms with E-state index in [9.17, 15) is 9.90 Å². The van der Waals surface area contributed by atoms with E-state index < -0.39 is 5.60 Å². The molecular weight excluding hydrogens is 292 g/mol. The van der Waals surface area contributed by atoms with Crippen LogP contribution in [0.4, 0.5) is 4.79 Å². The number of aliphatic hydroxyl groups is 1. The molecule has 3 N–H and O–H groups in total. The molecule has 1 aromatic heterocycles. The zero-order chi connectivity index (χ0) is 16.6. The second kappa shape index (κ2) is 5.85. The van der Waals surface area contributed by atoms with Gasteiger partial charge in [0.2, 0.25) is 0 Å². The highest BCUT2D eigenvalue weighted by molar-refractivity contribution is 5.79. The highest BCUT2D eigenvalue weighted by atomic mass is 16.3. The van der Waals surface area contributed by atoms with Crippen molar-refractivity contribution in [3.63, 3.8) is 0 Å². The van der Waals surface area contributed by atoms with E-state index in [-0.39, 0.29) is 12.1 Å². The molecule has 2 aromatic rings. The molecule has 1 atom stereocenters. The molecule has 3 rings (SSSR count). The van der Waals surface area contributed by atoms with Gasteiger partial charge in [0.1, 0.15) is 5.82 Å². The number of aromatic nitrogens is 2. The minimum atomic E-state index is -0.885. The first-order valence-electron chi connectivity index (χ1n) is 8.07. The first kappa shape index (κ1) is 15.8. The van der Waals surface area contributed by atoms with E-state index in [0.717, 1.165) is 35.3 Å². The molecule has 2 heterocycles. The van der Waals surface area contributed by atoms with Gasteiger partial charge in [-0.05, 0) is 45.2 Å². The molecule has 6 nitrogen and oxygen atoms in total. The fourth-order valence-corrected chi connectivity index (χ4v) is 3.32. The van der Waals surface area contributed by atoms with Crippen LogP contribution in [0.2, 0.25) is 0 Å². The number of hydrogen-bond acceptors (Lipinski definition) is 3. The average molecular weight is 316 g/mol. The molecule has 0 aliphatic carbocycles. The molecule has 1 aromatic carbocycles. The van der Waals surface area contributed by atoms with E-state index in [0.29, 0.717) is 13.1 Å². The number of para-hydroxylation sites is 1. The van der Waals surface area contributed by atoms with Crippen LogP contribution in [0, 0.1) is 6.92 Å². The first-order valence-corrected chi connectivity index (χ1v) is 8.07. The second-order valence-corrected chi connectivity index (χ2v) is 6.82. The summed E-state index contributed by atoms with van der Waals surface area (Å²) in [6, 6.07) is 5.69. The molecular formula is C17H24N4O2. The largest absolute Gasteiger partial charge is 0.388 e. The number of benzene rings is 1. The zero-order valence-corrected chi connectivity index (χ0v) is 13.9. The number of nitrogens with one attached hydrogen (secondary N) is 2. The van der Waals surface area contributed by atoms with Gasteiger partial charge >= 0.3 is 6.03 Å². The Morgan fingerprint density at radius 1 is 1.52 bits per heavy atom. The normalized spacial score (nSPS) is 18.6. The summed E-state index contributed by atoms with van der Waals surface area (Å²) in [5, 5.41) is 13.1. The molecule has 6 heteroatoms. The fourth-order valence-electron chi connectivity index (χ4n) is 3.32. The number of aryl methyl sites for hydroxylation is 1. The highest BCUT2D eigenvalue weighted by Crippen LogP contribution is 2.26. The van der Waals surface area contributed by atoms with Crippen LogP contribution in [-0.4, -0.2) is 44.2 Å². The molecule has 2 amide bonds. The van der Waals surface area contributed by atoms with Crippen molar-refractivity contribution >= 4 is 17.1 Å². The summed E-state index contributed by atoms with van der Waals surface area (Å²) >= 11 is 0. The van der Waals surface area contributed by atoms with Gasteiger partial charge in [0, 0.05) is 6.54 Å². The molecule has 1 aliphatic rings. The van der Waals surface area contributed by atoms with Crippen LogP contribution in [0.15, 0.2) is 18.2 Å². The number of aromatic amines is 1. The van der Waals surface area contributed by atoms with Crippen LogP contribution in [0.1, 0.15) is 38.1 Å². The van der Waals surface area contributed by atoms with Crippen LogP contribution in [0.3, 0.4) is 0 Å². The van der Waals surface area contributed by atoms with E-state index in [1.54, 1.807) is 18.7 Å². The van der Waals surface area contributed by atoms with Crippen molar-refractivity contribution in [1.29, 1.82) is 0 Å². The van der Waals surface area contributed by atoms with Gasteiger partial charge in [0.25, 0.3) is 0 Å². The minimum Gasteiger partial charge on any atom is -0.388 e. The van der Waals surface area contributed by atoms with Gasteiger partial charge in [-0.25, -0.2) is 9.78 Å². The number of amides is 2. The lowest BCUT2D eigenvalue weighted by molar-refractivity contribution is 0.00977. The SMILES string of the molecule is Cc1cccc2[nH]c(CNC(=O)N3CCC[C@@H]3C(C)(C)O)nc12. The Morgan fingerprint density at radius 2 is 2.30 bits per heavy atom. The van der Waals surface area contributed by atoms with Crippen LogP contribution in [-0.2, 0) is 6.54 Å². The molecule has 1 aliphatic heterocycles. The summed E-state index contributed by atoms with van der Waals surface area (Å²) in [5.74, 6) is 0.738. The van der Waals surface area contributed by atoms with Crippen LogP contribution >= 0.6 is 0 Å². The number of likely N-dealkylation sites (tertiary alicyclic amines) is 1. The number of urea groups is 1. The lowest BCUT2D eigenvalue weighted by atomic mass is 9.97. The summed E-state index contributed by atoms with van der Waals surface area (Å²) in [6.45, 7) is 6.56. The summed E-state index contributed by atoms with van der Waals surface area (Å²) in [4.78, 5) is 21.9. The van der Waals surface area contributed by atoms with Gasteiger partial charge in [-0.15, -0.1) is 0 Å². The summed E-state index contributed by atoms with van der Waals surface area (Å²) in [7, 11) is 0. The fraction of sp³-hybridized carbons (Fsp3) is 0.529. The van der Waals surface area contributed by atoms with E-state index in [2.05, 4.69) is 15.3 Å². The molecule has 1 fully saturated rings. The highest BCUT2D eigenvalue weighted by Gasteiger charge is 2.38. The van der Waals surface area contributed by atoms with Crippen molar-refractivity contribution in [2.24, 2.45) is 0 Å². The third kappa shape index (κ3) is 3.17. The predicted molar refractivity (Wildman–Crippen MR) is 89.1 cm³/mol. The van der Waals surface area contributed by atoms with Crippen LogP contribution in [0.5, 0.6) is 0 Å². The third-order valence-corrected chi connectivity index (χ3v) is 4.50. The maximum absolute atomic E-state index is 12.4. The van der Waals surface area contributed by atoms with Crippen LogP contribution in [0.25, 0.3) is 11.0 Å². The molecule has 0 spiro atoms. The molecule has 0 bridgehead atoms. The van der Waals surface area contributed by atoms with Crippen molar-refractivity contribution in [3.05, 3.63) is 29.6 Å². The van der Waals surface area contributed by atoms with Crippen molar-refractivity contribution in [3.8, 4) is 0 Å². The van der Waals surface area contributed by atoms with Crippen molar-refractivity contribution in [2.45, 2.75) is 51.8 Å². The van der Waals surface area contributed by atoms with Gasteiger partial charge in [0.15, 0.2) is 0 Å². The monoisotopic (exact) mass is 316 g/mol. The molecule has 0 unspecified atom stereocenters. The lowest BCUT2D eigenvalue weighted by Gasteiger charge is -2.33. The van der Waals surface area contributed by atoms with Crippen molar-refractivity contribution < 1.29 is 9.90 Å². The average Bonchev–Trinajstić information content (AvgIpc) is 3.11. The Kier molecular flexibility index (Phi) is 4.02. The number of H-pyrrole nitrogens is 1. The van der Waals surface area contributed by atoms with Crippen molar-refractivity contribution in [2.75, 3.05) is 6.54 Å². The van der Waals surface area contributed by atoms with E-state index in [4.69, 9.17) is 0 Å². The Labute approximate surface area is 135 Å². The van der Waals surface area contributed by atoms with Crippen molar-refractivity contribution in [1.82, 2.24) is 20.2 Å². The number of fused-ring (bicyclic) bond motifs is 1. The predicted octanol–water partition coefficient (Wildman–Crippen LogP) is 2.32. The number of carbonyl (C=O) groups excluding carboxylic acids is 1. The number of imidazole rings is 1. The Hall–Kier alpha value is -2.08. The molecule has 124 valence electrons. The minimum absolute atomic E-state index is 0.139. The Bertz CT molecular complexity index is 717. The first-order chi connectivity index (χ1) is 10.9. The van der Waals surface area contributed by atoms with Gasteiger partial charge < -0.3 is 20.3 Å².